The van der Waals surface area contributed by atoms with E-state index in [1.165, 1.54) is 0 Å². The lowest BCUT2D eigenvalue weighted by molar-refractivity contribution is 0.422. The Balaban J connectivity index is 2.08. The van der Waals surface area contributed by atoms with E-state index in [2.05, 4.69) is 46.9 Å². The zero-order chi connectivity index (χ0) is 26.8. The molecule has 0 spiro atoms. The first kappa shape index (κ1) is 26.8. The van der Waals surface area contributed by atoms with E-state index in [9.17, 15) is 5.11 Å². The van der Waals surface area contributed by atoms with Crippen LogP contribution in [0, 0.1) is 0 Å². The van der Waals surface area contributed by atoms with Crippen LogP contribution in [0.3, 0.4) is 0 Å². The molecule has 4 rings (SSSR count). The standard InChI is InChI=1S/C33H38NO2P/c1-32(2,3)28-22-24(23-29(30(28)35)33(4,5)6)31(34-25-16-10-7-11-17-25)37(36,26-18-12-8-13-19-26)27-20-14-9-15-21-27/h7-23,31,34-35H,1-6H3/t31-/m1/s1. The van der Waals surface area contributed by atoms with Gasteiger partial charge in [-0.25, -0.2) is 0 Å². The maximum atomic E-state index is 15.6. The van der Waals surface area contributed by atoms with Gasteiger partial charge >= 0.3 is 0 Å². The molecule has 0 aliphatic rings. The van der Waals surface area contributed by atoms with E-state index >= 15 is 4.57 Å². The van der Waals surface area contributed by atoms with E-state index in [1.807, 2.05) is 103 Å². The summed E-state index contributed by atoms with van der Waals surface area (Å²) in [6, 6.07) is 33.6. The second-order valence-electron chi connectivity index (χ2n) is 11.7. The lowest BCUT2D eigenvalue weighted by Crippen LogP contribution is -2.27. The van der Waals surface area contributed by atoms with Crippen molar-refractivity contribution in [3.63, 3.8) is 0 Å². The largest absolute Gasteiger partial charge is 0.507 e. The van der Waals surface area contributed by atoms with Crippen LogP contribution in [0.5, 0.6) is 5.75 Å². The summed E-state index contributed by atoms with van der Waals surface area (Å²) >= 11 is 0. The molecule has 37 heavy (non-hydrogen) atoms. The van der Waals surface area contributed by atoms with Gasteiger partial charge in [-0.05, 0) is 51.8 Å². The second kappa shape index (κ2) is 10.2. The molecule has 0 aliphatic carbocycles. The van der Waals surface area contributed by atoms with Crippen molar-refractivity contribution in [2.24, 2.45) is 0 Å². The van der Waals surface area contributed by atoms with Gasteiger partial charge < -0.3 is 15.0 Å². The van der Waals surface area contributed by atoms with Crippen molar-refractivity contribution < 1.29 is 9.67 Å². The predicted octanol–water partition coefficient (Wildman–Crippen LogP) is 8.11. The number of phenolic OH excluding ortho intramolecular Hbond substituents is 1. The zero-order valence-electron chi connectivity index (χ0n) is 22.7. The van der Waals surface area contributed by atoms with Gasteiger partial charge in [0.05, 0.1) is 0 Å². The minimum Gasteiger partial charge on any atom is -0.507 e. The van der Waals surface area contributed by atoms with Gasteiger partial charge in [-0.2, -0.15) is 0 Å². The number of para-hydroxylation sites is 1. The summed E-state index contributed by atoms with van der Waals surface area (Å²) in [4.78, 5) is 0. The number of phenols is 1. The van der Waals surface area contributed by atoms with Gasteiger partial charge in [-0.1, -0.05) is 120 Å². The highest BCUT2D eigenvalue weighted by atomic mass is 31.2. The Labute approximate surface area is 222 Å². The number of anilines is 1. The second-order valence-corrected chi connectivity index (χ2v) is 14.6. The number of benzene rings is 4. The minimum atomic E-state index is -3.27. The Morgan fingerprint density at radius 2 is 1.03 bits per heavy atom. The van der Waals surface area contributed by atoms with Gasteiger partial charge in [0, 0.05) is 16.3 Å². The Kier molecular flexibility index (Phi) is 7.40. The molecule has 0 saturated heterocycles. The lowest BCUT2D eigenvalue weighted by Gasteiger charge is -2.34. The van der Waals surface area contributed by atoms with Crippen molar-refractivity contribution in [1.82, 2.24) is 0 Å². The van der Waals surface area contributed by atoms with E-state index in [0.29, 0.717) is 5.75 Å². The molecule has 0 fully saturated rings. The van der Waals surface area contributed by atoms with Crippen LogP contribution in [0.25, 0.3) is 0 Å². The fourth-order valence-corrected chi connectivity index (χ4v) is 7.80. The first-order valence-corrected chi connectivity index (χ1v) is 14.6. The summed E-state index contributed by atoms with van der Waals surface area (Å²) in [6.45, 7) is 12.6. The highest BCUT2D eigenvalue weighted by Crippen LogP contribution is 2.58. The molecular formula is C33H38NO2P. The highest BCUT2D eigenvalue weighted by molar-refractivity contribution is 7.79. The minimum absolute atomic E-state index is 0.305. The third kappa shape index (κ3) is 5.53. The van der Waals surface area contributed by atoms with Crippen molar-refractivity contribution in [2.75, 3.05) is 5.32 Å². The van der Waals surface area contributed by atoms with Crippen LogP contribution in [0.2, 0.25) is 0 Å². The molecule has 4 heteroatoms. The van der Waals surface area contributed by atoms with Crippen molar-refractivity contribution in [1.29, 1.82) is 0 Å². The van der Waals surface area contributed by atoms with Crippen LogP contribution in [0.1, 0.15) is 64.0 Å². The van der Waals surface area contributed by atoms with Crippen LogP contribution in [0.15, 0.2) is 103 Å². The maximum absolute atomic E-state index is 15.6. The summed E-state index contributed by atoms with van der Waals surface area (Å²) in [6.07, 6.45) is 0. The fraction of sp³-hybridized carbons (Fsp3) is 0.273. The van der Waals surface area contributed by atoms with Crippen LogP contribution in [-0.4, -0.2) is 5.11 Å². The molecule has 0 amide bonds. The van der Waals surface area contributed by atoms with Crippen LogP contribution in [0.4, 0.5) is 5.69 Å². The summed E-state index contributed by atoms with van der Waals surface area (Å²) in [5, 5.41) is 16.6. The van der Waals surface area contributed by atoms with Gasteiger partial charge in [0.1, 0.15) is 11.5 Å². The Morgan fingerprint density at radius 3 is 1.41 bits per heavy atom. The summed E-state index contributed by atoms with van der Waals surface area (Å²) in [5.41, 5.74) is 2.88. The number of rotatable bonds is 6. The summed E-state index contributed by atoms with van der Waals surface area (Å²) in [5.74, 6) is -0.237. The number of nitrogens with one attached hydrogen (secondary N) is 1. The normalized spacial score (nSPS) is 13.2. The molecule has 0 unspecified atom stereocenters. The topological polar surface area (TPSA) is 49.3 Å². The van der Waals surface area contributed by atoms with E-state index in [0.717, 1.165) is 33.0 Å². The van der Waals surface area contributed by atoms with Crippen LogP contribution < -0.4 is 15.9 Å². The van der Waals surface area contributed by atoms with Gasteiger partial charge in [0.2, 0.25) is 0 Å². The maximum Gasteiger partial charge on any atom is 0.168 e. The van der Waals surface area contributed by atoms with Crippen molar-refractivity contribution >= 4 is 23.4 Å². The molecule has 4 aromatic carbocycles. The van der Waals surface area contributed by atoms with Gasteiger partial charge in [0.25, 0.3) is 0 Å². The molecule has 3 nitrogen and oxygen atoms in total. The van der Waals surface area contributed by atoms with Gasteiger partial charge in [-0.15, -0.1) is 0 Å². The van der Waals surface area contributed by atoms with E-state index in [-0.39, 0.29) is 10.8 Å². The predicted molar refractivity (Wildman–Crippen MR) is 158 cm³/mol. The molecule has 0 aliphatic heterocycles. The van der Waals surface area contributed by atoms with Crippen LogP contribution >= 0.6 is 7.14 Å². The van der Waals surface area contributed by atoms with E-state index in [1.54, 1.807) is 0 Å². The third-order valence-electron chi connectivity index (χ3n) is 6.78. The SMILES string of the molecule is CC(C)(C)c1cc([C@H](Nc2ccccc2)P(=O)(c2ccccc2)c2ccccc2)cc(C(C)(C)C)c1O. The molecule has 4 aromatic rings. The lowest BCUT2D eigenvalue weighted by atomic mass is 9.78. The number of hydrogen-bond acceptors (Lipinski definition) is 3. The first-order valence-electron chi connectivity index (χ1n) is 12.8. The molecule has 0 aromatic heterocycles. The van der Waals surface area contributed by atoms with E-state index in [4.69, 9.17) is 0 Å². The number of aromatic hydroxyl groups is 1. The van der Waals surface area contributed by atoms with Gasteiger partial charge in [-0.3, -0.25) is 0 Å². The Morgan fingerprint density at radius 1 is 0.649 bits per heavy atom. The summed E-state index contributed by atoms with van der Waals surface area (Å²) in [7, 11) is -3.27. The summed E-state index contributed by atoms with van der Waals surface area (Å²) < 4.78 is 15.6. The number of hydrogen-bond donors (Lipinski definition) is 2. The quantitative estimate of drug-likeness (QED) is 0.257. The molecule has 192 valence electrons. The third-order valence-corrected chi connectivity index (χ3v) is 10.1. The molecule has 0 heterocycles. The van der Waals surface area contributed by atoms with E-state index < -0.39 is 12.9 Å². The monoisotopic (exact) mass is 511 g/mol. The zero-order valence-corrected chi connectivity index (χ0v) is 23.6. The van der Waals surface area contributed by atoms with Crippen molar-refractivity contribution in [3.05, 3.63) is 120 Å². The molecule has 1 atom stereocenters. The molecule has 2 N–H and O–H groups in total. The Bertz CT molecular complexity index is 1310. The smallest absolute Gasteiger partial charge is 0.168 e. The molecule has 0 bridgehead atoms. The van der Waals surface area contributed by atoms with Crippen molar-refractivity contribution in [3.8, 4) is 5.75 Å². The average molecular weight is 512 g/mol. The molecule has 0 saturated carbocycles. The molecular weight excluding hydrogens is 473 g/mol. The average Bonchev–Trinajstić information content (AvgIpc) is 2.87. The van der Waals surface area contributed by atoms with Gasteiger partial charge in [0.15, 0.2) is 7.14 Å². The Hall–Kier alpha value is -3.29. The van der Waals surface area contributed by atoms with Crippen molar-refractivity contribution in [2.45, 2.75) is 58.2 Å². The first-order chi connectivity index (χ1) is 17.4. The highest BCUT2D eigenvalue weighted by Gasteiger charge is 2.39. The van der Waals surface area contributed by atoms with Crippen LogP contribution in [-0.2, 0) is 15.4 Å². The molecule has 0 radical (unpaired) electrons. The fourth-order valence-electron chi connectivity index (χ4n) is 4.78.